The highest BCUT2D eigenvalue weighted by Crippen LogP contribution is 2.48. The Kier molecular flexibility index (Phi) is 14.7. The molecule has 1 aliphatic heterocycles. The third-order valence-electron chi connectivity index (χ3n) is 9.56. The van der Waals surface area contributed by atoms with Crippen molar-refractivity contribution < 1.29 is 28.7 Å². The maximum absolute atomic E-state index is 14.7. The molecule has 1 spiro atoms. The zero-order valence-corrected chi connectivity index (χ0v) is 29.2. The summed E-state index contributed by atoms with van der Waals surface area (Å²) >= 11 is 0. The van der Waals surface area contributed by atoms with E-state index in [9.17, 15) is 24.0 Å². The molecule has 262 valence electrons. The molecule has 1 aromatic carbocycles. The summed E-state index contributed by atoms with van der Waals surface area (Å²) in [6.45, 7) is 6.72. The van der Waals surface area contributed by atoms with Crippen LogP contribution in [0.15, 0.2) is 24.3 Å². The molecule has 0 bridgehead atoms. The lowest BCUT2D eigenvalue weighted by molar-refractivity contribution is -0.151. The molecule has 3 unspecified atom stereocenters. The summed E-state index contributed by atoms with van der Waals surface area (Å²) in [5.41, 5.74) is 5.25. The lowest BCUT2D eigenvalue weighted by Gasteiger charge is -2.46. The van der Waals surface area contributed by atoms with Crippen molar-refractivity contribution in [2.45, 2.75) is 128 Å². The standard InChI is InChI=1S/C36H57N5O6/c1-6-8-10-16-31(43)40-29(24-27-17-19-28(20-18-27)47-32(44)25-39(4)5)35(46)41(36(40)21-12-13-22-36)33(26(3)7-2)34(45)38-23-14-9-11-15-30(37)42/h17-20,26,29,33H,6-16,21-25H2,1-5H3,(H2,37,42)(H,38,45). The number of primary amides is 1. The summed E-state index contributed by atoms with van der Waals surface area (Å²) in [7, 11) is 3.59. The summed E-state index contributed by atoms with van der Waals surface area (Å²) in [6, 6.07) is 5.66. The first-order chi connectivity index (χ1) is 22.4. The van der Waals surface area contributed by atoms with E-state index in [1.54, 1.807) is 36.0 Å². The Hall–Kier alpha value is -3.47. The molecule has 0 radical (unpaired) electrons. The molecule has 0 aromatic heterocycles. The third-order valence-corrected chi connectivity index (χ3v) is 9.56. The van der Waals surface area contributed by atoms with Gasteiger partial charge in [0.2, 0.25) is 23.6 Å². The predicted octanol–water partition coefficient (Wildman–Crippen LogP) is 4.16. The Morgan fingerprint density at radius 2 is 1.66 bits per heavy atom. The second kappa shape index (κ2) is 18.2. The first-order valence-electron chi connectivity index (χ1n) is 17.6. The van der Waals surface area contributed by atoms with E-state index < -0.39 is 17.7 Å². The van der Waals surface area contributed by atoms with Gasteiger partial charge >= 0.3 is 5.97 Å². The molecule has 47 heavy (non-hydrogen) atoms. The molecule has 11 nitrogen and oxygen atoms in total. The number of benzene rings is 1. The van der Waals surface area contributed by atoms with Gasteiger partial charge in [0.1, 0.15) is 23.5 Å². The highest BCUT2D eigenvalue weighted by Gasteiger charge is 2.62. The normalized spacial score (nSPS) is 18.5. The summed E-state index contributed by atoms with van der Waals surface area (Å²) < 4.78 is 5.45. The Morgan fingerprint density at radius 1 is 1.00 bits per heavy atom. The molecule has 3 atom stereocenters. The zero-order chi connectivity index (χ0) is 34.6. The number of likely N-dealkylation sites (N-methyl/N-ethyl adjacent to an activating group) is 1. The largest absolute Gasteiger partial charge is 0.426 e. The van der Waals surface area contributed by atoms with Crippen molar-refractivity contribution in [3.05, 3.63) is 29.8 Å². The maximum Gasteiger partial charge on any atom is 0.325 e. The number of rotatable bonds is 19. The Morgan fingerprint density at radius 3 is 2.26 bits per heavy atom. The monoisotopic (exact) mass is 655 g/mol. The van der Waals surface area contributed by atoms with Crippen LogP contribution in [0.3, 0.4) is 0 Å². The van der Waals surface area contributed by atoms with E-state index in [4.69, 9.17) is 10.5 Å². The van der Waals surface area contributed by atoms with Gasteiger partial charge in [-0.05, 0) is 82.7 Å². The Bertz CT molecular complexity index is 1210. The second-order valence-electron chi connectivity index (χ2n) is 13.6. The number of nitrogens with two attached hydrogens (primary N) is 1. The van der Waals surface area contributed by atoms with Crippen molar-refractivity contribution in [3.63, 3.8) is 0 Å². The van der Waals surface area contributed by atoms with Crippen molar-refractivity contribution in [2.75, 3.05) is 27.2 Å². The first kappa shape index (κ1) is 38.0. The topological polar surface area (TPSA) is 142 Å². The maximum atomic E-state index is 14.7. The van der Waals surface area contributed by atoms with E-state index in [0.29, 0.717) is 63.7 Å². The van der Waals surface area contributed by atoms with Gasteiger partial charge < -0.3 is 25.6 Å². The molecular formula is C36H57N5O6. The van der Waals surface area contributed by atoms with Gasteiger partial charge in [-0.2, -0.15) is 0 Å². The lowest BCUT2D eigenvalue weighted by Crippen LogP contribution is -2.62. The fourth-order valence-electron chi connectivity index (χ4n) is 7.04. The summed E-state index contributed by atoms with van der Waals surface area (Å²) in [4.78, 5) is 71.5. The van der Waals surface area contributed by atoms with Gasteiger partial charge in [0, 0.05) is 25.8 Å². The van der Waals surface area contributed by atoms with Crippen LogP contribution in [-0.4, -0.2) is 89.2 Å². The molecule has 3 N–H and O–H groups in total. The molecule has 3 rings (SSSR count). The smallest absolute Gasteiger partial charge is 0.325 e. The number of nitrogens with zero attached hydrogens (tertiary/aromatic N) is 3. The molecule has 1 heterocycles. The van der Waals surface area contributed by atoms with Crippen molar-refractivity contribution >= 4 is 29.6 Å². The van der Waals surface area contributed by atoms with Crippen LogP contribution in [0.5, 0.6) is 5.75 Å². The number of carbonyl (C=O) groups excluding carboxylic acids is 5. The van der Waals surface area contributed by atoms with E-state index >= 15 is 0 Å². The summed E-state index contributed by atoms with van der Waals surface area (Å²) in [5, 5.41) is 3.08. The van der Waals surface area contributed by atoms with Crippen LogP contribution in [0.1, 0.15) is 110 Å². The molecule has 11 heteroatoms. The molecule has 2 fully saturated rings. The number of esters is 1. The fourth-order valence-corrected chi connectivity index (χ4v) is 7.04. The third kappa shape index (κ3) is 10.0. The van der Waals surface area contributed by atoms with Gasteiger partial charge in [0.15, 0.2) is 0 Å². The number of ether oxygens (including phenoxy) is 1. The van der Waals surface area contributed by atoms with E-state index in [1.165, 1.54) is 0 Å². The number of hydrogen-bond acceptors (Lipinski definition) is 7. The minimum atomic E-state index is -0.848. The molecule has 1 saturated carbocycles. The minimum absolute atomic E-state index is 0.0341. The molecular weight excluding hydrogens is 598 g/mol. The van der Waals surface area contributed by atoms with Crippen molar-refractivity contribution in [1.82, 2.24) is 20.0 Å². The lowest BCUT2D eigenvalue weighted by atomic mass is 9.92. The number of carbonyl (C=O) groups is 5. The average molecular weight is 656 g/mol. The van der Waals surface area contributed by atoms with Crippen molar-refractivity contribution in [1.29, 1.82) is 0 Å². The Labute approximate surface area is 280 Å². The molecule has 2 aliphatic rings. The van der Waals surface area contributed by atoms with Gasteiger partial charge in [0.05, 0.1) is 6.54 Å². The van der Waals surface area contributed by atoms with Gasteiger partial charge in [0.25, 0.3) is 0 Å². The first-order valence-corrected chi connectivity index (χ1v) is 17.6. The fraction of sp³-hybridized carbons (Fsp3) is 0.694. The average Bonchev–Trinajstić information content (AvgIpc) is 3.58. The van der Waals surface area contributed by atoms with Crippen LogP contribution < -0.4 is 15.8 Å². The van der Waals surface area contributed by atoms with Gasteiger partial charge in [-0.1, -0.05) is 58.6 Å². The van der Waals surface area contributed by atoms with E-state index in [2.05, 4.69) is 12.2 Å². The SMILES string of the molecule is CCCCCC(=O)N1C(Cc2ccc(OC(=O)CN(C)C)cc2)C(=O)N(C(C(=O)NCCCCCC(N)=O)C(C)CC)C12CCCC2. The van der Waals surface area contributed by atoms with Crippen molar-refractivity contribution in [2.24, 2.45) is 11.7 Å². The molecule has 1 saturated heterocycles. The molecule has 1 aliphatic carbocycles. The summed E-state index contributed by atoms with van der Waals surface area (Å²) in [5.74, 6) is -0.815. The van der Waals surface area contributed by atoms with Crippen molar-refractivity contribution in [3.8, 4) is 5.75 Å². The van der Waals surface area contributed by atoms with E-state index in [0.717, 1.165) is 44.1 Å². The molecule has 4 amide bonds. The van der Waals surface area contributed by atoms with Gasteiger partial charge in [-0.15, -0.1) is 0 Å². The molecule has 1 aromatic rings. The number of hydrogen-bond donors (Lipinski definition) is 2. The number of nitrogens with one attached hydrogen (secondary N) is 1. The number of amides is 4. The van der Waals surface area contributed by atoms with Crippen LogP contribution in [-0.2, 0) is 30.4 Å². The van der Waals surface area contributed by atoms with Crippen LogP contribution in [0, 0.1) is 5.92 Å². The van der Waals surface area contributed by atoms with Crippen LogP contribution in [0.4, 0.5) is 0 Å². The van der Waals surface area contributed by atoms with Crippen LogP contribution >= 0.6 is 0 Å². The highest BCUT2D eigenvalue weighted by molar-refractivity contribution is 5.96. The van der Waals surface area contributed by atoms with E-state index in [-0.39, 0.29) is 42.1 Å². The van der Waals surface area contributed by atoms with Gasteiger partial charge in [-0.25, -0.2) is 0 Å². The number of unbranched alkanes of at least 4 members (excludes halogenated alkanes) is 4. The quantitative estimate of drug-likeness (QED) is 0.129. The highest BCUT2D eigenvalue weighted by atomic mass is 16.5. The van der Waals surface area contributed by atoms with E-state index in [1.807, 2.05) is 30.9 Å². The zero-order valence-electron chi connectivity index (χ0n) is 29.2. The van der Waals surface area contributed by atoms with Crippen LogP contribution in [0.2, 0.25) is 0 Å². The van der Waals surface area contributed by atoms with Gasteiger partial charge in [-0.3, -0.25) is 28.9 Å². The summed E-state index contributed by atoms with van der Waals surface area (Å²) in [6.07, 6.45) is 9.51. The predicted molar refractivity (Wildman–Crippen MR) is 181 cm³/mol. The second-order valence-corrected chi connectivity index (χ2v) is 13.6. The Balaban J connectivity index is 1.92. The minimum Gasteiger partial charge on any atom is -0.426 e. The van der Waals surface area contributed by atoms with Crippen LogP contribution in [0.25, 0.3) is 0 Å².